The number of benzene rings is 2. The van der Waals surface area contributed by atoms with Gasteiger partial charge in [0.25, 0.3) is 5.91 Å². The fraction of sp³-hybridized carbons (Fsp3) is 0.341. The van der Waals surface area contributed by atoms with Crippen LogP contribution in [0.5, 0.6) is 11.5 Å². The normalized spacial score (nSPS) is 15.8. The summed E-state index contributed by atoms with van der Waals surface area (Å²) in [6, 6.07) is 18.4. The first-order valence-electron chi connectivity index (χ1n) is 18.8. The van der Waals surface area contributed by atoms with E-state index < -0.39 is 5.63 Å². The lowest BCUT2D eigenvalue weighted by atomic mass is 9.88. The second-order valence-electron chi connectivity index (χ2n) is 13.2. The summed E-state index contributed by atoms with van der Waals surface area (Å²) in [5.41, 5.74) is 15.0. The van der Waals surface area contributed by atoms with E-state index in [0.717, 1.165) is 41.2 Å². The number of aliphatic imine (C=N–C) groups is 1. The Balaban J connectivity index is 0.883. The van der Waals surface area contributed by atoms with Crippen LogP contribution in [0.15, 0.2) is 111 Å². The van der Waals surface area contributed by atoms with Crippen LogP contribution in [0.1, 0.15) is 55.4 Å². The average molecular weight is 783 g/mol. The highest BCUT2D eigenvalue weighted by Gasteiger charge is 2.26. The molecule has 16 nitrogen and oxygen atoms in total. The quantitative estimate of drug-likeness (QED) is 0.0321. The van der Waals surface area contributed by atoms with Gasteiger partial charge in [-0.05, 0) is 93.1 Å². The van der Waals surface area contributed by atoms with Gasteiger partial charge in [-0.25, -0.2) is 10.6 Å². The van der Waals surface area contributed by atoms with E-state index in [-0.39, 0.29) is 34.9 Å². The van der Waals surface area contributed by atoms with Crippen LogP contribution in [-0.4, -0.2) is 73.2 Å². The van der Waals surface area contributed by atoms with Crippen molar-refractivity contribution in [1.29, 1.82) is 0 Å². The number of hydrogen-bond donors (Lipinski definition) is 6. The summed E-state index contributed by atoms with van der Waals surface area (Å²) >= 11 is 0. The molecular formula is C41H50N8O8. The number of carbonyl (C=O) groups excluding carboxylic acids is 2. The van der Waals surface area contributed by atoms with Gasteiger partial charge in [-0.15, -0.1) is 0 Å². The van der Waals surface area contributed by atoms with Gasteiger partial charge in [-0.2, -0.15) is 0 Å². The number of aromatic hydroxyl groups is 1. The molecule has 9 N–H and O–H groups in total. The molecule has 0 bridgehead atoms. The number of rotatable bonds is 20. The zero-order valence-corrected chi connectivity index (χ0v) is 31.7. The zero-order valence-electron chi connectivity index (χ0n) is 31.7. The lowest BCUT2D eigenvalue weighted by Crippen LogP contribution is -2.41. The fourth-order valence-electron chi connectivity index (χ4n) is 6.05. The van der Waals surface area contributed by atoms with Gasteiger partial charge >= 0.3 is 5.63 Å². The van der Waals surface area contributed by atoms with Crippen molar-refractivity contribution >= 4 is 39.9 Å². The van der Waals surface area contributed by atoms with Crippen LogP contribution < -0.4 is 43.3 Å². The van der Waals surface area contributed by atoms with E-state index in [0.29, 0.717) is 87.8 Å². The first kappa shape index (κ1) is 41.9. The first-order chi connectivity index (χ1) is 27.7. The SMILES string of the molecule is N/C=C1\C(=Nc2ccc(OCCOCCOCCNC(=O)CCCC/C(N)=C/N(N)c3cc4ccc(O)cc4oc3=O)cc2)CCCC1NC(=O)c1ccccn1. The van der Waals surface area contributed by atoms with Crippen molar-refractivity contribution in [3.63, 3.8) is 0 Å². The van der Waals surface area contributed by atoms with Crippen LogP contribution >= 0.6 is 0 Å². The number of nitrogens with one attached hydrogen (secondary N) is 2. The second-order valence-corrected chi connectivity index (χ2v) is 13.2. The molecular weight excluding hydrogens is 732 g/mol. The maximum Gasteiger partial charge on any atom is 0.361 e. The Morgan fingerprint density at radius 1 is 1.00 bits per heavy atom. The van der Waals surface area contributed by atoms with Crippen LogP contribution in [0, 0.1) is 0 Å². The average Bonchev–Trinajstić information content (AvgIpc) is 3.21. The molecule has 2 aromatic carbocycles. The Bertz CT molecular complexity index is 2090. The first-order valence-corrected chi connectivity index (χ1v) is 18.8. The number of carbonyl (C=O) groups is 2. The Kier molecular flexibility index (Phi) is 16.0. The molecule has 1 atom stereocenters. The van der Waals surface area contributed by atoms with E-state index in [9.17, 15) is 19.5 Å². The highest BCUT2D eigenvalue weighted by atomic mass is 16.5. The van der Waals surface area contributed by atoms with Gasteiger partial charge < -0.3 is 45.8 Å². The third-order valence-corrected chi connectivity index (χ3v) is 8.94. The Morgan fingerprint density at radius 2 is 1.77 bits per heavy atom. The van der Waals surface area contributed by atoms with Gasteiger partial charge in [0.05, 0.1) is 38.2 Å². The monoisotopic (exact) mass is 782 g/mol. The van der Waals surface area contributed by atoms with Crippen LogP contribution in [0.25, 0.3) is 11.0 Å². The van der Waals surface area contributed by atoms with Crippen molar-refractivity contribution in [2.24, 2.45) is 22.3 Å². The summed E-state index contributed by atoms with van der Waals surface area (Å²) in [6.07, 6.45) is 9.04. The van der Waals surface area contributed by atoms with E-state index in [1.807, 2.05) is 24.3 Å². The molecule has 2 amide bonds. The zero-order chi connectivity index (χ0) is 40.4. The summed E-state index contributed by atoms with van der Waals surface area (Å²) in [5.74, 6) is 6.37. The molecule has 1 fully saturated rings. The summed E-state index contributed by atoms with van der Waals surface area (Å²) in [4.78, 5) is 46.1. The third-order valence-electron chi connectivity index (χ3n) is 8.94. The highest BCUT2D eigenvalue weighted by molar-refractivity contribution is 6.04. The number of pyridine rings is 1. The minimum absolute atomic E-state index is 0.0130. The second kappa shape index (κ2) is 21.8. The van der Waals surface area contributed by atoms with Gasteiger partial charge in [0, 0.05) is 60.0 Å². The van der Waals surface area contributed by atoms with Crippen molar-refractivity contribution in [3.8, 4) is 11.5 Å². The highest BCUT2D eigenvalue weighted by Crippen LogP contribution is 2.26. The number of phenols is 1. The molecule has 16 heteroatoms. The standard InChI is InChI=1S/C41H50N8O8/c42-26-33-34(8-5-9-35(33)48-40(52)36-7-3-4-17-45-36)47-30-12-15-32(16-13-30)56-23-22-55-21-20-54-19-18-46-39(51)10-2-1-6-29(43)27-49(44)37-24-28-11-14-31(50)25-38(28)57-41(37)53/h3-4,7,11-17,24-27,35,50H,1-2,5-6,8-10,18-23,42-44H2,(H,46,51)(H,48,52)/b29-27-,33-26+,47-34?. The summed E-state index contributed by atoms with van der Waals surface area (Å²) in [6.45, 7) is 2.26. The van der Waals surface area contributed by atoms with E-state index >= 15 is 0 Å². The minimum Gasteiger partial charge on any atom is -0.508 e. The predicted molar refractivity (Wildman–Crippen MR) is 217 cm³/mol. The van der Waals surface area contributed by atoms with Crippen molar-refractivity contribution in [2.75, 3.05) is 44.6 Å². The third kappa shape index (κ3) is 13.2. The van der Waals surface area contributed by atoms with E-state index in [1.54, 1.807) is 36.5 Å². The number of anilines is 1. The number of fused-ring (bicyclic) bond motifs is 1. The molecule has 302 valence electrons. The molecule has 2 heterocycles. The van der Waals surface area contributed by atoms with Crippen molar-refractivity contribution in [3.05, 3.63) is 113 Å². The molecule has 0 aliphatic heterocycles. The Labute approximate surface area is 330 Å². The van der Waals surface area contributed by atoms with Crippen LogP contribution in [-0.2, 0) is 14.3 Å². The Morgan fingerprint density at radius 3 is 2.54 bits per heavy atom. The predicted octanol–water partition coefficient (Wildman–Crippen LogP) is 4.06. The van der Waals surface area contributed by atoms with Crippen LogP contribution in [0.4, 0.5) is 11.4 Å². The molecule has 5 rings (SSSR count). The molecule has 1 aliphatic carbocycles. The molecule has 1 saturated carbocycles. The fourth-order valence-corrected chi connectivity index (χ4v) is 6.05. The van der Waals surface area contributed by atoms with Crippen molar-refractivity contribution in [2.45, 2.75) is 51.0 Å². The van der Waals surface area contributed by atoms with Gasteiger partial charge in [0.2, 0.25) is 5.91 Å². The largest absolute Gasteiger partial charge is 0.508 e. The number of nitrogens with two attached hydrogens (primary N) is 3. The number of hydrazine groups is 1. The Hall–Kier alpha value is -6.23. The van der Waals surface area contributed by atoms with Gasteiger partial charge in [-0.3, -0.25) is 24.6 Å². The molecule has 57 heavy (non-hydrogen) atoms. The molecule has 1 aliphatic rings. The smallest absolute Gasteiger partial charge is 0.361 e. The molecule has 1 unspecified atom stereocenters. The number of hydrogen-bond acceptors (Lipinski definition) is 14. The summed E-state index contributed by atoms with van der Waals surface area (Å²) in [5, 5.41) is 17.2. The van der Waals surface area contributed by atoms with Crippen LogP contribution in [0.2, 0.25) is 0 Å². The van der Waals surface area contributed by atoms with Gasteiger partial charge in [0.1, 0.15) is 35.1 Å². The molecule has 0 saturated heterocycles. The van der Waals surface area contributed by atoms with E-state index in [4.69, 9.17) is 40.9 Å². The van der Waals surface area contributed by atoms with Crippen LogP contribution in [0.3, 0.4) is 0 Å². The molecule has 4 aromatic rings. The van der Waals surface area contributed by atoms with Crippen molar-refractivity contribution < 1.29 is 33.3 Å². The number of allylic oxidation sites excluding steroid dienone is 1. The summed E-state index contributed by atoms with van der Waals surface area (Å²) in [7, 11) is 0. The van der Waals surface area contributed by atoms with Gasteiger partial charge in [-0.1, -0.05) is 6.07 Å². The molecule has 2 aromatic heterocycles. The van der Waals surface area contributed by atoms with Gasteiger partial charge in [0.15, 0.2) is 0 Å². The van der Waals surface area contributed by atoms with E-state index in [1.165, 1.54) is 24.5 Å². The lowest BCUT2D eigenvalue weighted by Gasteiger charge is -2.27. The summed E-state index contributed by atoms with van der Waals surface area (Å²) < 4.78 is 22.2. The van der Waals surface area contributed by atoms with E-state index in [2.05, 4.69) is 15.6 Å². The number of ether oxygens (including phenoxy) is 3. The molecule has 0 spiro atoms. The lowest BCUT2D eigenvalue weighted by molar-refractivity contribution is -0.121. The number of unbranched alkanes of at least 4 members (excludes halogenated alkanes) is 1. The number of phenolic OH excluding ortho intramolecular Hbond substituents is 1. The topological polar surface area (TPSA) is 243 Å². The number of nitrogens with zero attached hydrogens (tertiary/aromatic N) is 3. The maximum absolute atomic E-state index is 12.7. The van der Waals surface area contributed by atoms with Crippen molar-refractivity contribution in [1.82, 2.24) is 15.6 Å². The number of aromatic nitrogens is 1. The molecule has 0 radical (unpaired) electrons. The maximum atomic E-state index is 12.7. The number of amides is 2. The minimum atomic E-state index is -0.664.